The van der Waals surface area contributed by atoms with Crippen LogP contribution >= 0.6 is 0 Å². The van der Waals surface area contributed by atoms with Crippen molar-refractivity contribution >= 4 is 16.7 Å². The Balaban J connectivity index is 1.98. The monoisotopic (exact) mass is 447 g/mol. The second-order valence-corrected chi connectivity index (χ2v) is 7.51. The second kappa shape index (κ2) is 11.3. The number of aromatic nitrogens is 2. The SMILES string of the molecule is C\C=C(/C=C\C(=C\CC)OC)C(C)Nc1ncnc2c(OC)cc(-c3ccc(F)cc3)cc12. The molecule has 0 spiro atoms. The first-order chi connectivity index (χ1) is 16.0. The smallest absolute Gasteiger partial charge is 0.145 e. The maximum atomic E-state index is 13.4. The van der Waals surface area contributed by atoms with Crippen molar-refractivity contribution in [2.24, 2.45) is 0 Å². The molecule has 1 N–H and O–H groups in total. The standard InChI is InChI=1S/C27H30FN3O2/c1-6-8-23(32-4)14-11-19(7-2)18(3)31-27-24-15-21(20-9-12-22(28)13-10-20)16-25(33-5)26(24)29-17-30-27/h7-18H,6H2,1-5H3,(H,29,30,31)/b14-11-,19-7+,23-8-. The molecule has 1 heterocycles. The average molecular weight is 448 g/mol. The van der Waals surface area contributed by atoms with Crippen molar-refractivity contribution in [1.82, 2.24) is 9.97 Å². The fourth-order valence-electron chi connectivity index (χ4n) is 3.59. The van der Waals surface area contributed by atoms with E-state index in [2.05, 4.69) is 35.2 Å². The molecule has 0 saturated carbocycles. The summed E-state index contributed by atoms with van der Waals surface area (Å²) in [5.41, 5.74) is 3.57. The number of fused-ring (bicyclic) bond motifs is 1. The molecule has 1 atom stereocenters. The summed E-state index contributed by atoms with van der Waals surface area (Å²) in [5, 5.41) is 4.33. The fourth-order valence-corrected chi connectivity index (χ4v) is 3.59. The Morgan fingerprint density at radius 3 is 2.48 bits per heavy atom. The van der Waals surface area contributed by atoms with Crippen molar-refractivity contribution in [1.29, 1.82) is 0 Å². The third-order valence-corrected chi connectivity index (χ3v) is 5.37. The van der Waals surface area contributed by atoms with E-state index in [1.165, 1.54) is 18.5 Å². The van der Waals surface area contributed by atoms with Crippen molar-refractivity contribution in [3.63, 3.8) is 0 Å². The highest BCUT2D eigenvalue weighted by Crippen LogP contribution is 2.34. The molecule has 0 fully saturated rings. The van der Waals surface area contributed by atoms with Crippen molar-refractivity contribution in [3.05, 3.63) is 84.2 Å². The minimum Gasteiger partial charge on any atom is -0.497 e. The Bertz CT molecular complexity index is 1180. The number of allylic oxidation sites excluding steroid dienone is 3. The number of nitrogens with zero attached hydrogens (tertiary/aromatic N) is 2. The predicted molar refractivity (Wildman–Crippen MR) is 133 cm³/mol. The highest BCUT2D eigenvalue weighted by molar-refractivity contribution is 5.96. The van der Waals surface area contributed by atoms with Crippen LogP contribution in [0.4, 0.5) is 10.2 Å². The molecule has 0 aliphatic carbocycles. The normalized spacial score (nSPS) is 13.4. The zero-order chi connectivity index (χ0) is 23.8. The summed E-state index contributed by atoms with van der Waals surface area (Å²) in [5.74, 6) is 1.87. The number of halogens is 1. The van der Waals surface area contributed by atoms with E-state index < -0.39 is 0 Å². The van der Waals surface area contributed by atoms with Gasteiger partial charge in [-0.2, -0.15) is 0 Å². The lowest BCUT2D eigenvalue weighted by Crippen LogP contribution is -2.18. The lowest BCUT2D eigenvalue weighted by Gasteiger charge is -2.18. The van der Waals surface area contributed by atoms with E-state index in [9.17, 15) is 4.39 Å². The van der Waals surface area contributed by atoms with Crippen LogP contribution < -0.4 is 10.1 Å². The molecule has 0 radical (unpaired) electrons. The van der Waals surface area contributed by atoms with Gasteiger partial charge in [0.2, 0.25) is 0 Å². The van der Waals surface area contributed by atoms with E-state index in [0.29, 0.717) is 17.1 Å². The highest BCUT2D eigenvalue weighted by atomic mass is 19.1. The van der Waals surface area contributed by atoms with Crippen LogP contribution in [-0.4, -0.2) is 30.2 Å². The lowest BCUT2D eigenvalue weighted by molar-refractivity contribution is 0.305. The first-order valence-electron chi connectivity index (χ1n) is 10.9. The Morgan fingerprint density at radius 2 is 1.85 bits per heavy atom. The van der Waals surface area contributed by atoms with Gasteiger partial charge in [0.1, 0.15) is 35.0 Å². The van der Waals surface area contributed by atoms with Gasteiger partial charge in [-0.15, -0.1) is 0 Å². The van der Waals surface area contributed by atoms with E-state index >= 15 is 0 Å². The van der Waals surface area contributed by atoms with E-state index in [0.717, 1.165) is 34.3 Å². The van der Waals surface area contributed by atoms with Gasteiger partial charge in [0, 0.05) is 11.4 Å². The third-order valence-electron chi connectivity index (χ3n) is 5.37. The average Bonchev–Trinajstić information content (AvgIpc) is 2.83. The Labute approximate surface area is 194 Å². The van der Waals surface area contributed by atoms with E-state index in [-0.39, 0.29) is 11.9 Å². The van der Waals surface area contributed by atoms with Crippen LogP contribution in [0.1, 0.15) is 27.2 Å². The van der Waals surface area contributed by atoms with Crippen LogP contribution in [-0.2, 0) is 4.74 Å². The van der Waals surface area contributed by atoms with Crippen LogP contribution in [0.15, 0.2) is 78.4 Å². The van der Waals surface area contributed by atoms with Gasteiger partial charge in [0.25, 0.3) is 0 Å². The summed E-state index contributed by atoms with van der Waals surface area (Å²) in [6.45, 7) is 6.15. The maximum Gasteiger partial charge on any atom is 0.145 e. The number of ether oxygens (including phenoxy) is 2. The van der Waals surface area contributed by atoms with Crippen LogP contribution in [0.25, 0.3) is 22.0 Å². The molecule has 3 aromatic rings. The molecule has 172 valence electrons. The molecule has 0 bridgehead atoms. The Morgan fingerprint density at radius 1 is 1.09 bits per heavy atom. The number of anilines is 1. The minimum absolute atomic E-state index is 0.0236. The van der Waals surface area contributed by atoms with E-state index in [4.69, 9.17) is 9.47 Å². The zero-order valence-corrected chi connectivity index (χ0v) is 19.7. The van der Waals surface area contributed by atoms with Gasteiger partial charge < -0.3 is 14.8 Å². The number of rotatable bonds is 9. The Kier molecular flexibility index (Phi) is 8.19. The maximum absolute atomic E-state index is 13.4. The van der Waals surface area contributed by atoms with E-state index in [1.807, 2.05) is 37.3 Å². The molecule has 6 heteroatoms. The minimum atomic E-state index is -0.275. The summed E-state index contributed by atoms with van der Waals surface area (Å²) in [7, 11) is 3.28. The van der Waals surface area contributed by atoms with Crippen LogP contribution in [0, 0.1) is 5.82 Å². The van der Waals surface area contributed by atoms with Gasteiger partial charge in [0.05, 0.1) is 14.2 Å². The van der Waals surface area contributed by atoms with Gasteiger partial charge in [0.15, 0.2) is 0 Å². The molecule has 5 nitrogen and oxygen atoms in total. The van der Waals surface area contributed by atoms with Crippen molar-refractivity contribution in [2.45, 2.75) is 33.2 Å². The van der Waals surface area contributed by atoms with Gasteiger partial charge in [-0.25, -0.2) is 14.4 Å². The van der Waals surface area contributed by atoms with E-state index in [1.54, 1.807) is 26.4 Å². The molecular formula is C27H30FN3O2. The highest BCUT2D eigenvalue weighted by Gasteiger charge is 2.14. The summed E-state index contributed by atoms with van der Waals surface area (Å²) < 4.78 is 24.4. The van der Waals surface area contributed by atoms with Crippen LogP contribution in [0.3, 0.4) is 0 Å². The molecule has 1 unspecified atom stereocenters. The predicted octanol–water partition coefficient (Wildman–Crippen LogP) is 6.69. The molecule has 0 amide bonds. The number of methoxy groups -OCH3 is 2. The zero-order valence-electron chi connectivity index (χ0n) is 19.7. The third kappa shape index (κ3) is 5.77. The summed E-state index contributed by atoms with van der Waals surface area (Å²) in [6.07, 6.45) is 10.5. The molecule has 33 heavy (non-hydrogen) atoms. The van der Waals surface area contributed by atoms with Gasteiger partial charge in [-0.05, 0) is 73.4 Å². The number of hydrogen-bond acceptors (Lipinski definition) is 5. The largest absolute Gasteiger partial charge is 0.497 e. The molecular weight excluding hydrogens is 417 g/mol. The van der Waals surface area contributed by atoms with Crippen molar-refractivity contribution in [3.8, 4) is 16.9 Å². The number of nitrogens with one attached hydrogen (secondary N) is 1. The lowest BCUT2D eigenvalue weighted by atomic mass is 10.0. The Hall–Kier alpha value is -3.67. The van der Waals surface area contributed by atoms with Gasteiger partial charge in [-0.3, -0.25) is 0 Å². The first kappa shape index (κ1) is 24.0. The van der Waals surface area contributed by atoms with Crippen molar-refractivity contribution < 1.29 is 13.9 Å². The summed E-state index contributed by atoms with van der Waals surface area (Å²) >= 11 is 0. The second-order valence-electron chi connectivity index (χ2n) is 7.51. The molecule has 1 aromatic heterocycles. The van der Waals surface area contributed by atoms with Crippen LogP contribution in [0.2, 0.25) is 0 Å². The molecule has 3 rings (SSSR count). The molecule has 0 saturated heterocycles. The summed E-state index contributed by atoms with van der Waals surface area (Å²) in [6, 6.07) is 10.3. The van der Waals surface area contributed by atoms with Crippen LogP contribution in [0.5, 0.6) is 5.75 Å². The molecule has 2 aromatic carbocycles. The topological polar surface area (TPSA) is 56.3 Å². The number of benzene rings is 2. The van der Waals surface area contributed by atoms with Gasteiger partial charge in [-0.1, -0.05) is 31.2 Å². The first-order valence-corrected chi connectivity index (χ1v) is 10.9. The van der Waals surface area contributed by atoms with Gasteiger partial charge >= 0.3 is 0 Å². The quantitative estimate of drug-likeness (QED) is 0.293. The fraction of sp³-hybridized carbons (Fsp3) is 0.259. The molecule has 0 aliphatic heterocycles. The molecule has 0 aliphatic rings. The summed E-state index contributed by atoms with van der Waals surface area (Å²) in [4.78, 5) is 8.94. The number of hydrogen-bond donors (Lipinski definition) is 1. The van der Waals surface area contributed by atoms with Crippen molar-refractivity contribution in [2.75, 3.05) is 19.5 Å².